The van der Waals surface area contributed by atoms with Crippen LogP contribution in [0.1, 0.15) is 37.4 Å². The first kappa shape index (κ1) is 16.6. The highest BCUT2D eigenvalue weighted by atomic mass is 16.1. The predicted molar refractivity (Wildman–Crippen MR) is 106 cm³/mol. The number of nitrogens with one attached hydrogen (secondary N) is 2. The second-order valence-electron chi connectivity index (χ2n) is 7.18. The van der Waals surface area contributed by atoms with Gasteiger partial charge in [-0.05, 0) is 54.3 Å². The van der Waals surface area contributed by atoms with Gasteiger partial charge in [0.05, 0.1) is 11.6 Å². The van der Waals surface area contributed by atoms with E-state index in [4.69, 9.17) is 4.98 Å². The van der Waals surface area contributed by atoms with Crippen molar-refractivity contribution in [2.24, 2.45) is 5.92 Å². The molecule has 0 fully saturated rings. The summed E-state index contributed by atoms with van der Waals surface area (Å²) >= 11 is 0. The molecule has 3 aromatic rings. The van der Waals surface area contributed by atoms with Gasteiger partial charge in [0.15, 0.2) is 0 Å². The zero-order valence-electron chi connectivity index (χ0n) is 15.1. The van der Waals surface area contributed by atoms with Gasteiger partial charge in [-0.15, -0.1) is 0 Å². The highest BCUT2D eigenvalue weighted by molar-refractivity contribution is 5.94. The van der Waals surface area contributed by atoms with Crippen LogP contribution in [0.4, 0.5) is 11.5 Å². The molecule has 0 radical (unpaired) electrons. The molecule has 0 bridgehead atoms. The van der Waals surface area contributed by atoms with Gasteiger partial charge in [-0.2, -0.15) is 0 Å². The van der Waals surface area contributed by atoms with Crippen molar-refractivity contribution < 1.29 is 4.79 Å². The van der Waals surface area contributed by atoms with Crippen LogP contribution in [0.25, 0.3) is 10.9 Å². The smallest absolute Gasteiger partial charge is 0.226 e. The summed E-state index contributed by atoms with van der Waals surface area (Å²) in [5.74, 6) is 0.873. The van der Waals surface area contributed by atoms with Crippen molar-refractivity contribution in [3.05, 3.63) is 65.7 Å². The molecule has 2 N–H and O–H groups in total. The van der Waals surface area contributed by atoms with Gasteiger partial charge < -0.3 is 10.6 Å². The van der Waals surface area contributed by atoms with Gasteiger partial charge in [-0.25, -0.2) is 4.98 Å². The van der Waals surface area contributed by atoms with Crippen LogP contribution in [-0.4, -0.2) is 10.9 Å². The van der Waals surface area contributed by atoms with Crippen LogP contribution in [0, 0.1) is 5.92 Å². The Morgan fingerprint density at radius 1 is 1.12 bits per heavy atom. The topological polar surface area (TPSA) is 54.0 Å². The van der Waals surface area contributed by atoms with Crippen molar-refractivity contribution >= 4 is 28.3 Å². The first-order valence-electron chi connectivity index (χ1n) is 9.16. The van der Waals surface area contributed by atoms with Crippen molar-refractivity contribution in [2.75, 3.05) is 10.6 Å². The van der Waals surface area contributed by atoms with Crippen molar-refractivity contribution in [3.8, 4) is 0 Å². The Morgan fingerprint density at radius 3 is 2.81 bits per heavy atom. The molecular formula is C22H23N3O. The van der Waals surface area contributed by atoms with E-state index in [2.05, 4.69) is 41.0 Å². The Morgan fingerprint density at radius 2 is 1.96 bits per heavy atom. The van der Waals surface area contributed by atoms with Gasteiger partial charge >= 0.3 is 0 Å². The van der Waals surface area contributed by atoms with E-state index in [9.17, 15) is 4.79 Å². The summed E-state index contributed by atoms with van der Waals surface area (Å²) in [6.07, 6.45) is 2.21. The van der Waals surface area contributed by atoms with Crippen molar-refractivity contribution in [1.82, 2.24) is 4.98 Å². The number of aryl methyl sites for hydroxylation is 1. The van der Waals surface area contributed by atoms with E-state index < -0.39 is 0 Å². The van der Waals surface area contributed by atoms with Crippen LogP contribution in [0.15, 0.2) is 54.6 Å². The summed E-state index contributed by atoms with van der Waals surface area (Å²) in [4.78, 5) is 16.6. The summed E-state index contributed by atoms with van der Waals surface area (Å²) in [5.41, 5.74) is 4.53. The normalized spacial score (nSPS) is 15.9. The largest absolute Gasteiger partial charge is 0.363 e. The molecule has 1 aliphatic rings. The molecule has 4 heteroatoms. The molecule has 0 saturated carbocycles. The molecule has 1 atom stereocenters. The minimum Gasteiger partial charge on any atom is -0.363 e. The van der Waals surface area contributed by atoms with Gasteiger partial charge in [-0.1, -0.05) is 38.1 Å². The van der Waals surface area contributed by atoms with Gasteiger partial charge in [0.1, 0.15) is 5.82 Å². The van der Waals surface area contributed by atoms with Gasteiger partial charge in [0.25, 0.3) is 0 Å². The molecule has 0 saturated heterocycles. The number of rotatable bonds is 4. The lowest BCUT2D eigenvalue weighted by atomic mass is 10.1. The van der Waals surface area contributed by atoms with Crippen LogP contribution >= 0.6 is 0 Å². The number of hydrogen-bond donors (Lipinski definition) is 2. The zero-order chi connectivity index (χ0) is 18.1. The molecule has 2 aromatic carbocycles. The standard InChI is InChI=1S/C22H23N3O/c1-14(2)22(26)23-17-9-11-19-16(13-17)8-12-21(24-19)25-20-10-7-15-5-3-4-6-18(15)20/h3-6,8-9,11-14,20H,7,10H2,1-2H3,(H,23,26)(H,24,25). The second-order valence-corrected chi connectivity index (χ2v) is 7.18. The fourth-order valence-corrected chi connectivity index (χ4v) is 3.46. The Kier molecular flexibility index (Phi) is 4.33. The van der Waals surface area contributed by atoms with Crippen molar-refractivity contribution in [2.45, 2.75) is 32.7 Å². The zero-order valence-corrected chi connectivity index (χ0v) is 15.1. The molecule has 4 nitrogen and oxygen atoms in total. The van der Waals surface area contributed by atoms with E-state index in [0.29, 0.717) is 6.04 Å². The molecule has 1 aliphatic carbocycles. The maximum Gasteiger partial charge on any atom is 0.226 e. The number of hydrogen-bond acceptors (Lipinski definition) is 3. The van der Waals surface area contributed by atoms with E-state index in [-0.39, 0.29) is 11.8 Å². The monoisotopic (exact) mass is 345 g/mol. The fraction of sp³-hybridized carbons (Fsp3) is 0.273. The number of benzene rings is 2. The lowest BCUT2D eigenvalue weighted by molar-refractivity contribution is -0.118. The number of amides is 1. The number of aromatic nitrogens is 1. The van der Waals surface area contributed by atoms with Crippen molar-refractivity contribution in [1.29, 1.82) is 0 Å². The van der Waals surface area contributed by atoms with E-state index in [1.54, 1.807) is 0 Å². The maximum atomic E-state index is 11.9. The minimum absolute atomic E-state index is 0.0236. The molecule has 1 unspecified atom stereocenters. The average Bonchev–Trinajstić information content (AvgIpc) is 3.05. The highest BCUT2D eigenvalue weighted by Crippen LogP contribution is 2.33. The van der Waals surface area contributed by atoms with Crippen LogP contribution in [-0.2, 0) is 11.2 Å². The Hall–Kier alpha value is -2.88. The van der Waals surface area contributed by atoms with Crippen LogP contribution in [0.3, 0.4) is 0 Å². The van der Waals surface area contributed by atoms with Gasteiger partial charge in [0.2, 0.25) is 5.91 Å². The second kappa shape index (κ2) is 6.79. The maximum absolute atomic E-state index is 11.9. The minimum atomic E-state index is -0.0373. The number of pyridine rings is 1. The molecular weight excluding hydrogens is 322 g/mol. The Labute approximate surface area is 153 Å². The summed E-state index contributed by atoms with van der Waals surface area (Å²) in [5, 5.41) is 7.52. The van der Waals surface area contributed by atoms with Crippen LogP contribution < -0.4 is 10.6 Å². The van der Waals surface area contributed by atoms with Gasteiger partial charge in [-0.3, -0.25) is 4.79 Å². The van der Waals surface area contributed by atoms with Gasteiger partial charge in [0, 0.05) is 17.0 Å². The molecule has 1 heterocycles. The summed E-state index contributed by atoms with van der Waals surface area (Å²) < 4.78 is 0. The molecule has 132 valence electrons. The quantitative estimate of drug-likeness (QED) is 0.705. The summed E-state index contributed by atoms with van der Waals surface area (Å²) in [6, 6.07) is 18.8. The first-order chi connectivity index (χ1) is 12.6. The fourth-order valence-electron chi connectivity index (χ4n) is 3.46. The number of nitrogens with zero attached hydrogens (tertiary/aromatic N) is 1. The third kappa shape index (κ3) is 3.27. The third-order valence-corrected chi connectivity index (χ3v) is 4.94. The lowest BCUT2D eigenvalue weighted by Crippen LogP contribution is -2.17. The summed E-state index contributed by atoms with van der Waals surface area (Å²) in [6.45, 7) is 3.77. The van der Waals surface area contributed by atoms with E-state index >= 15 is 0 Å². The van der Waals surface area contributed by atoms with E-state index in [1.165, 1.54) is 11.1 Å². The SMILES string of the molecule is CC(C)C(=O)Nc1ccc2nc(NC3CCc4ccccc43)ccc2c1. The molecule has 0 aliphatic heterocycles. The van der Waals surface area contributed by atoms with E-state index in [0.717, 1.165) is 35.2 Å². The molecule has 0 spiro atoms. The molecule has 4 rings (SSSR count). The summed E-state index contributed by atoms with van der Waals surface area (Å²) in [7, 11) is 0. The average molecular weight is 345 g/mol. The number of anilines is 2. The van der Waals surface area contributed by atoms with E-state index in [1.807, 2.05) is 38.1 Å². The third-order valence-electron chi connectivity index (χ3n) is 4.94. The molecule has 26 heavy (non-hydrogen) atoms. The highest BCUT2D eigenvalue weighted by Gasteiger charge is 2.21. The lowest BCUT2D eigenvalue weighted by Gasteiger charge is -2.15. The Balaban J connectivity index is 1.54. The first-order valence-corrected chi connectivity index (χ1v) is 9.16. The van der Waals surface area contributed by atoms with Crippen LogP contribution in [0.5, 0.6) is 0 Å². The predicted octanol–water partition coefficient (Wildman–Crippen LogP) is 4.93. The molecule has 1 amide bonds. The number of carbonyl (C=O) groups excluding carboxylic acids is 1. The Bertz CT molecular complexity index is 965. The van der Waals surface area contributed by atoms with Crippen LogP contribution in [0.2, 0.25) is 0 Å². The number of fused-ring (bicyclic) bond motifs is 2. The molecule has 1 aromatic heterocycles. The van der Waals surface area contributed by atoms with Crippen molar-refractivity contribution in [3.63, 3.8) is 0 Å². The number of carbonyl (C=O) groups is 1.